The average Bonchev–Trinajstić information content (AvgIpc) is 3.37. The summed E-state index contributed by atoms with van der Waals surface area (Å²) in [6.07, 6.45) is 2.30. The predicted molar refractivity (Wildman–Crippen MR) is 106 cm³/mol. The maximum Gasteiger partial charge on any atom is 0.275 e. The van der Waals surface area contributed by atoms with Crippen LogP contribution >= 0.6 is 0 Å². The van der Waals surface area contributed by atoms with Crippen LogP contribution in [-0.4, -0.2) is 34.7 Å². The number of rotatable bonds is 5. The van der Waals surface area contributed by atoms with Crippen molar-refractivity contribution in [2.45, 2.75) is 38.6 Å². The molecule has 0 saturated heterocycles. The molecule has 1 aromatic carbocycles. The number of aromatic amines is 1. The van der Waals surface area contributed by atoms with E-state index in [0.717, 1.165) is 28.3 Å². The van der Waals surface area contributed by atoms with Crippen molar-refractivity contribution in [1.82, 2.24) is 15.1 Å². The van der Waals surface area contributed by atoms with E-state index in [0.29, 0.717) is 18.7 Å². The van der Waals surface area contributed by atoms with Gasteiger partial charge in [0.25, 0.3) is 5.91 Å². The lowest BCUT2D eigenvalue weighted by atomic mass is 9.85. The fraction of sp³-hybridized carbons (Fsp3) is 0.364. The molecule has 0 bridgehead atoms. The van der Waals surface area contributed by atoms with Crippen LogP contribution in [-0.2, 0) is 11.8 Å². The fourth-order valence-electron chi connectivity index (χ4n) is 3.89. The van der Waals surface area contributed by atoms with Gasteiger partial charge in [0.15, 0.2) is 5.69 Å². The van der Waals surface area contributed by atoms with Crippen LogP contribution in [0.3, 0.4) is 0 Å². The number of hydrogen-bond acceptors (Lipinski definition) is 4. The van der Waals surface area contributed by atoms with Crippen molar-refractivity contribution in [2.24, 2.45) is 0 Å². The molecule has 3 aromatic rings. The normalized spacial score (nSPS) is 16.5. The number of benzene rings is 1. The Labute approximate surface area is 164 Å². The van der Waals surface area contributed by atoms with E-state index in [1.165, 1.54) is 0 Å². The number of furan rings is 1. The smallest absolute Gasteiger partial charge is 0.275 e. The highest BCUT2D eigenvalue weighted by molar-refractivity contribution is 5.98. The number of nitrogens with one attached hydrogen (secondary N) is 1. The molecule has 1 N–H and O–H groups in total. The second-order valence-electron chi connectivity index (χ2n) is 8.08. The standard InChI is InChI=1S/C22H25N3O3/c1-22(2,3)20-17-18(23-24-20)21(26)25(12-11-14-8-7-13-28-14)19(17)15-9-5-6-10-16(15)27-4/h5-10,13,19H,11-12H2,1-4H3,(H,23,24). The Balaban J connectivity index is 1.81. The molecule has 1 unspecified atom stereocenters. The van der Waals surface area contributed by atoms with Crippen LogP contribution in [0.4, 0.5) is 0 Å². The Morgan fingerprint density at radius 2 is 2.00 bits per heavy atom. The molecule has 0 saturated carbocycles. The van der Waals surface area contributed by atoms with Crippen LogP contribution in [0.25, 0.3) is 0 Å². The average molecular weight is 379 g/mol. The minimum atomic E-state index is -0.249. The second kappa shape index (κ2) is 6.86. The number of H-pyrrole nitrogens is 1. The minimum absolute atomic E-state index is 0.0655. The third-order valence-corrected chi connectivity index (χ3v) is 5.22. The quantitative estimate of drug-likeness (QED) is 0.725. The first kappa shape index (κ1) is 18.3. The van der Waals surface area contributed by atoms with E-state index in [9.17, 15) is 4.79 Å². The van der Waals surface area contributed by atoms with Crippen LogP contribution in [0.5, 0.6) is 5.75 Å². The van der Waals surface area contributed by atoms with Crippen LogP contribution in [0.2, 0.25) is 0 Å². The first-order valence-electron chi connectivity index (χ1n) is 9.47. The zero-order valence-corrected chi connectivity index (χ0v) is 16.7. The summed E-state index contributed by atoms with van der Waals surface area (Å²) in [4.78, 5) is 15.1. The van der Waals surface area contributed by atoms with E-state index < -0.39 is 0 Å². The highest BCUT2D eigenvalue weighted by Crippen LogP contribution is 2.45. The molecule has 6 heteroatoms. The van der Waals surface area contributed by atoms with E-state index in [2.05, 4.69) is 31.0 Å². The molecule has 1 amide bonds. The van der Waals surface area contributed by atoms with Gasteiger partial charge in [0.1, 0.15) is 11.5 Å². The number of carbonyl (C=O) groups excluding carboxylic acids is 1. The molecule has 28 heavy (non-hydrogen) atoms. The molecule has 6 nitrogen and oxygen atoms in total. The topological polar surface area (TPSA) is 71.4 Å². The minimum Gasteiger partial charge on any atom is -0.496 e. The van der Waals surface area contributed by atoms with Gasteiger partial charge in [-0.2, -0.15) is 5.10 Å². The molecular weight excluding hydrogens is 354 g/mol. The summed E-state index contributed by atoms with van der Waals surface area (Å²) < 4.78 is 11.1. The van der Waals surface area contributed by atoms with Crippen molar-refractivity contribution in [3.63, 3.8) is 0 Å². The number of ether oxygens (including phenoxy) is 1. The Morgan fingerprint density at radius 1 is 1.21 bits per heavy atom. The van der Waals surface area contributed by atoms with Gasteiger partial charge in [-0.15, -0.1) is 0 Å². The van der Waals surface area contributed by atoms with E-state index >= 15 is 0 Å². The van der Waals surface area contributed by atoms with Crippen molar-refractivity contribution in [3.05, 3.63) is 70.9 Å². The predicted octanol–water partition coefficient (Wildman–Crippen LogP) is 4.10. The van der Waals surface area contributed by atoms with Gasteiger partial charge in [0.2, 0.25) is 0 Å². The maximum absolute atomic E-state index is 13.3. The Bertz CT molecular complexity index is 983. The molecule has 0 aliphatic carbocycles. The van der Waals surface area contributed by atoms with Gasteiger partial charge >= 0.3 is 0 Å². The van der Waals surface area contributed by atoms with Crippen molar-refractivity contribution in [3.8, 4) is 5.75 Å². The SMILES string of the molecule is COc1ccccc1C1c2c(n[nH]c2C(C)(C)C)C(=O)N1CCc1ccco1. The third-order valence-electron chi connectivity index (χ3n) is 5.22. The summed E-state index contributed by atoms with van der Waals surface area (Å²) >= 11 is 0. The zero-order valence-electron chi connectivity index (χ0n) is 16.7. The molecule has 1 atom stereocenters. The largest absolute Gasteiger partial charge is 0.496 e. The summed E-state index contributed by atoms with van der Waals surface area (Å²) in [7, 11) is 1.66. The Hall–Kier alpha value is -3.02. The lowest BCUT2D eigenvalue weighted by Gasteiger charge is -2.29. The second-order valence-corrected chi connectivity index (χ2v) is 8.08. The molecular formula is C22H25N3O3. The van der Waals surface area contributed by atoms with Crippen LogP contribution < -0.4 is 4.74 Å². The van der Waals surface area contributed by atoms with Gasteiger partial charge in [0.05, 0.1) is 19.4 Å². The molecule has 0 radical (unpaired) electrons. The van der Waals surface area contributed by atoms with E-state index in [1.807, 2.05) is 41.3 Å². The molecule has 1 aliphatic heterocycles. The summed E-state index contributed by atoms with van der Waals surface area (Å²) in [5.74, 6) is 1.55. The van der Waals surface area contributed by atoms with Gasteiger partial charge in [-0.25, -0.2) is 0 Å². The van der Waals surface area contributed by atoms with E-state index in [1.54, 1.807) is 13.4 Å². The number of carbonyl (C=O) groups is 1. The number of amides is 1. The van der Waals surface area contributed by atoms with Crippen molar-refractivity contribution >= 4 is 5.91 Å². The van der Waals surface area contributed by atoms with Crippen LogP contribution in [0.15, 0.2) is 47.1 Å². The van der Waals surface area contributed by atoms with Gasteiger partial charge in [-0.3, -0.25) is 9.89 Å². The monoisotopic (exact) mass is 379 g/mol. The summed E-state index contributed by atoms with van der Waals surface area (Å²) in [5, 5.41) is 7.51. The van der Waals surface area contributed by atoms with Crippen molar-refractivity contribution in [2.75, 3.05) is 13.7 Å². The number of aromatic nitrogens is 2. The summed E-state index contributed by atoms with van der Waals surface area (Å²) in [6, 6.07) is 11.4. The zero-order chi connectivity index (χ0) is 19.9. The van der Waals surface area contributed by atoms with Gasteiger partial charge in [0, 0.05) is 35.2 Å². The molecule has 4 rings (SSSR count). The third kappa shape index (κ3) is 2.99. The van der Waals surface area contributed by atoms with Gasteiger partial charge < -0.3 is 14.1 Å². The summed E-state index contributed by atoms with van der Waals surface area (Å²) in [6.45, 7) is 6.90. The van der Waals surface area contributed by atoms with Gasteiger partial charge in [-0.05, 0) is 18.2 Å². The van der Waals surface area contributed by atoms with Crippen molar-refractivity contribution in [1.29, 1.82) is 0 Å². The first-order valence-corrected chi connectivity index (χ1v) is 9.47. The van der Waals surface area contributed by atoms with Crippen molar-refractivity contribution < 1.29 is 13.9 Å². The molecule has 0 spiro atoms. The van der Waals surface area contributed by atoms with Gasteiger partial charge in [-0.1, -0.05) is 39.0 Å². The lowest BCUT2D eigenvalue weighted by molar-refractivity contribution is 0.0741. The molecule has 146 valence electrons. The number of fused-ring (bicyclic) bond motifs is 1. The number of hydrogen-bond donors (Lipinski definition) is 1. The molecule has 2 aromatic heterocycles. The fourth-order valence-corrected chi connectivity index (χ4v) is 3.89. The molecule has 1 aliphatic rings. The van der Waals surface area contributed by atoms with Crippen LogP contribution in [0, 0.1) is 0 Å². The Kier molecular flexibility index (Phi) is 4.49. The number of nitrogens with zero attached hydrogens (tertiary/aromatic N) is 2. The number of para-hydroxylation sites is 1. The highest BCUT2D eigenvalue weighted by atomic mass is 16.5. The first-order chi connectivity index (χ1) is 13.4. The molecule has 0 fully saturated rings. The van der Waals surface area contributed by atoms with E-state index in [-0.39, 0.29) is 17.4 Å². The summed E-state index contributed by atoms with van der Waals surface area (Å²) in [5.41, 5.74) is 3.22. The highest BCUT2D eigenvalue weighted by Gasteiger charge is 2.44. The maximum atomic E-state index is 13.3. The number of methoxy groups -OCH3 is 1. The van der Waals surface area contributed by atoms with E-state index in [4.69, 9.17) is 9.15 Å². The molecule has 3 heterocycles. The Morgan fingerprint density at radius 3 is 2.68 bits per heavy atom. The van der Waals surface area contributed by atoms with Crippen LogP contribution in [0.1, 0.15) is 59.9 Å². The lowest BCUT2D eigenvalue weighted by Crippen LogP contribution is -2.32.